The van der Waals surface area contributed by atoms with E-state index in [2.05, 4.69) is 10.9 Å². The standard InChI is InChI=1S/C17H23N3/c1-2-3-20-11-19-15(16(20)18)10-17-7-12-4-13(8-17)6-14(5-12)9-17/h1,11-14H,3-10,18H2. The summed E-state index contributed by atoms with van der Waals surface area (Å²) in [7, 11) is 0. The van der Waals surface area contributed by atoms with Crippen LogP contribution in [0, 0.1) is 35.5 Å². The summed E-state index contributed by atoms with van der Waals surface area (Å²) in [4.78, 5) is 4.55. The Hall–Kier alpha value is -1.43. The second-order valence-corrected chi connectivity index (χ2v) is 7.50. The fourth-order valence-electron chi connectivity index (χ4n) is 5.66. The van der Waals surface area contributed by atoms with Crippen molar-refractivity contribution < 1.29 is 0 Å². The Kier molecular flexibility index (Phi) is 2.64. The van der Waals surface area contributed by atoms with Crippen molar-refractivity contribution in [2.24, 2.45) is 23.2 Å². The number of aromatic nitrogens is 2. The first-order valence-corrected chi connectivity index (χ1v) is 7.90. The third-order valence-electron chi connectivity index (χ3n) is 5.93. The van der Waals surface area contributed by atoms with Gasteiger partial charge in [0.2, 0.25) is 0 Å². The van der Waals surface area contributed by atoms with Gasteiger partial charge in [-0.05, 0) is 68.1 Å². The smallest absolute Gasteiger partial charge is 0.127 e. The number of nitrogens with zero attached hydrogens (tertiary/aromatic N) is 2. The van der Waals surface area contributed by atoms with E-state index in [4.69, 9.17) is 12.2 Å². The lowest BCUT2D eigenvalue weighted by Crippen LogP contribution is -2.47. The number of anilines is 1. The lowest BCUT2D eigenvalue weighted by molar-refractivity contribution is -0.0525. The quantitative estimate of drug-likeness (QED) is 0.858. The van der Waals surface area contributed by atoms with Crippen LogP contribution in [0.2, 0.25) is 0 Å². The molecule has 4 aliphatic carbocycles. The van der Waals surface area contributed by atoms with Crippen LogP contribution < -0.4 is 5.73 Å². The molecule has 0 saturated heterocycles. The zero-order valence-corrected chi connectivity index (χ0v) is 12.0. The van der Waals surface area contributed by atoms with Crippen LogP contribution in [0.5, 0.6) is 0 Å². The first kappa shape index (κ1) is 12.3. The molecule has 0 radical (unpaired) electrons. The van der Waals surface area contributed by atoms with Crippen LogP contribution in [-0.2, 0) is 13.0 Å². The summed E-state index contributed by atoms with van der Waals surface area (Å²) in [5.74, 6) is 6.38. The normalized spacial score (nSPS) is 38.0. The zero-order chi connectivity index (χ0) is 13.7. The third-order valence-corrected chi connectivity index (χ3v) is 5.93. The van der Waals surface area contributed by atoms with Crippen molar-refractivity contribution >= 4 is 5.82 Å². The Morgan fingerprint density at radius 2 is 1.85 bits per heavy atom. The average Bonchev–Trinajstić information content (AvgIpc) is 2.70. The molecule has 0 aliphatic heterocycles. The Morgan fingerprint density at radius 3 is 2.40 bits per heavy atom. The van der Waals surface area contributed by atoms with Crippen molar-refractivity contribution in [3.05, 3.63) is 12.0 Å². The third kappa shape index (κ3) is 1.85. The molecule has 20 heavy (non-hydrogen) atoms. The number of rotatable bonds is 3. The molecular weight excluding hydrogens is 246 g/mol. The minimum absolute atomic E-state index is 0.498. The van der Waals surface area contributed by atoms with Gasteiger partial charge in [0.25, 0.3) is 0 Å². The van der Waals surface area contributed by atoms with E-state index in [0.29, 0.717) is 12.0 Å². The van der Waals surface area contributed by atoms with E-state index in [1.165, 1.54) is 38.5 Å². The van der Waals surface area contributed by atoms with Gasteiger partial charge in [0.05, 0.1) is 18.6 Å². The summed E-state index contributed by atoms with van der Waals surface area (Å²) < 4.78 is 1.90. The molecule has 0 atom stereocenters. The molecular formula is C17H23N3. The molecule has 1 heterocycles. The molecule has 0 amide bonds. The number of nitrogen functional groups attached to an aromatic ring is 1. The molecule has 0 unspecified atom stereocenters. The van der Waals surface area contributed by atoms with Crippen molar-refractivity contribution in [2.45, 2.75) is 51.5 Å². The van der Waals surface area contributed by atoms with Gasteiger partial charge in [-0.25, -0.2) is 4.98 Å². The molecule has 4 saturated carbocycles. The van der Waals surface area contributed by atoms with E-state index in [-0.39, 0.29) is 0 Å². The highest BCUT2D eigenvalue weighted by Crippen LogP contribution is 2.61. The van der Waals surface area contributed by atoms with Gasteiger partial charge >= 0.3 is 0 Å². The SMILES string of the molecule is C#CCn1cnc(CC23CC4CC(CC(C4)C2)C3)c1N. The highest BCUT2D eigenvalue weighted by molar-refractivity contribution is 5.37. The first-order chi connectivity index (χ1) is 9.67. The van der Waals surface area contributed by atoms with E-state index in [1.807, 2.05) is 10.9 Å². The van der Waals surface area contributed by atoms with E-state index >= 15 is 0 Å². The molecule has 106 valence electrons. The molecule has 4 bridgehead atoms. The number of imidazole rings is 1. The fourth-order valence-corrected chi connectivity index (χ4v) is 5.66. The van der Waals surface area contributed by atoms with Crippen molar-refractivity contribution in [2.75, 3.05) is 5.73 Å². The van der Waals surface area contributed by atoms with Crippen LogP contribution in [0.3, 0.4) is 0 Å². The predicted octanol–water partition coefficient (Wildman–Crippen LogP) is 2.86. The molecule has 2 N–H and O–H groups in total. The van der Waals surface area contributed by atoms with Gasteiger partial charge in [0.15, 0.2) is 0 Å². The summed E-state index contributed by atoms with van der Waals surface area (Å²) in [5.41, 5.74) is 7.81. The summed E-state index contributed by atoms with van der Waals surface area (Å²) in [6.07, 6.45) is 16.9. The van der Waals surface area contributed by atoms with Crippen LogP contribution in [0.1, 0.15) is 44.2 Å². The second kappa shape index (κ2) is 4.28. The fraction of sp³-hybridized carbons (Fsp3) is 0.706. The lowest BCUT2D eigenvalue weighted by atomic mass is 9.48. The van der Waals surface area contributed by atoms with Crippen molar-refractivity contribution in [1.29, 1.82) is 0 Å². The van der Waals surface area contributed by atoms with Crippen LogP contribution in [-0.4, -0.2) is 9.55 Å². The van der Waals surface area contributed by atoms with Crippen LogP contribution in [0.25, 0.3) is 0 Å². The van der Waals surface area contributed by atoms with Gasteiger partial charge in [-0.1, -0.05) is 5.92 Å². The maximum absolute atomic E-state index is 6.22. The van der Waals surface area contributed by atoms with E-state index < -0.39 is 0 Å². The largest absolute Gasteiger partial charge is 0.384 e. The summed E-state index contributed by atoms with van der Waals surface area (Å²) in [6.45, 7) is 0.527. The Bertz CT molecular complexity index is 528. The zero-order valence-electron chi connectivity index (χ0n) is 12.0. The Labute approximate surface area is 121 Å². The molecule has 0 spiro atoms. The highest BCUT2D eigenvalue weighted by atomic mass is 15.1. The lowest BCUT2D eigenvalue weighted by Gasteiger charge is -2.56. The molecule has 1 aromatic heterocycles. The van der Waals surface area contributed by atoms with Crippen LogP contribution in [0.4, 0.5) is 5.82 Å². The number of terminal acetylenes is 1. The van der Waals surface area contributed by atoms with Crippen molar-refractivity contribution in [3.8, 4) is 12.3 Å². The van der Waals surface area contributed by atoms with E-state index in [1.54, 1.807) is 0 Å². The Morgan fingerprint density at radius 1 is 1.25 bits per heavy atom. The minimum Gasteiger partial charge on any atom is -0.384 e. The van der Waals surface area contributed by atoms with E-state index in [9.17, 15) is 0 Å². The van der Waals surface area contributed by atoms with Crippen molar-refractivity contribution in [3.63, 3.8) is 0 Å². The molecule has 0 aromatic carbocycles. The van der Waals surface area contributed by atoms with Gasteiger partial charge in [-0.15, -0.1) is 6.42 Å². The van der Waals surface area contributed by atoms with Gasteiger partial charge in [0, 0.05) is 0 Å². The molecule has 4 fully saturated rings. The number of nitrogens with two attached hydrogens (primary N) is 1. The van der Waals surface area contributed by atoms with Gasteiger partial charge in [0.1, 0.15) is 5.82 Å². The number of hydrogen-bond acceptors (Lipinski definition) is 2. The summed E-state index contributed by atoms with van der Waals surface area (Å²) >= 11 is 0. The predicted molar refractivity (Wildman–Crippen MR) is 79.8 cm³/mol. The minimum atomic E-state index is 0.498. The first-order valence-electron chi connectivity index (χ1n) is 7.90. The van der Waals surface area contributed by atoms with Crippen molar-refractivity contribution in [1.82, 2.24) is 9.55 Å². The molecule has 4 aliphatic rings. The molecule has 5 rings (SSSR count). The van der Waals surface area contributed by atoms with Crippen LogP contribution in [0.15, 0.2) is 6.33 Å². The second-order valence-electron chi connectivity index (χ2n) is 7.50. The highest BCUT2D eigenvalue weighted by Gasteiger charge is 2.51. The average molecular weight is 269 g/mol. The maximum Gasteiger partial charge on any atom is 0.127 e. The maximum atomic E-state index is 6.22. The van der Waals surface area contributed by atoms with Gasteiger partial charge in [-0.3, -0.25) is 0 Å². The van der Waals surface area contributed by atoms with Gasteiger partial charge in [-0.2, -0.15) is 0 Å². The molecule has 1 aromatic rings. The number of hydrogen-bond donors (Lipinski definition) is 1. The monoisotopic (exact) mass is 269 g/mol. The molecule has 3 nitrogen and oxygen atoms in total. The molecule has 3 heteroatoms. The van der Waals surface area contributed by atoms with Gasteiger partial charge < -0.3 is 10.3 Å². The van der Waals surface area contributed by atoms with E-state index in [0.717, 1.165) is 35.7 Å². The van der Waals surface area contributed by atoms with Crippen LogP contribution >= 0.6 is 0 Å². The summed E-state index contributed by atoms with van der Waals surface area (Å²) in [5, 5.41) is 0. The topological polar surface area (TPSA) is 43.8 Å². The summed E-state index contributed by atoms with van der Waals surface area (Å²) in [6, 6.07) is 0. The Balaban J connectivity index is 1.58.